The molecule has 4 heteroatoms. The number of rotatable bonds is 3. The highest BCUT2D eigenvalue weighted by molar-refractivity contribution is 5.85. The third-order valence-corrected chi connectivity index (χ3v) is 1.10. The van der Waals surface area contributed by atoms with Crippen molar-refractivity contribution in [1.82, 2.24) is 0 Å². The van der Waals surface area contributed by atoms with E-state index in [0.29, 0.717) is 11.5 Å². The lowest BCUT2D eigenvalue weighted by Gasteiger charge is -1.95. The van der Waals surface area contributed by atoms with Gasteiger partial charge in [0.15, 0.2) is 0 Å². The first-order valence-corrected chi connectivity index (χ1v) is 4.08. The summed E-state index contributed by atoms with van der Waals surface area (Å²) in [7, 11) is 0. The Bertz CT molecular complexity index is 239. The van der Waals surface area contributed by atoms with Crippen molar-refractivity contribution in [3.05, 3.63) is 24.3 Å². The van der Waals surface area contributed by atoms with Gasteiger partial charge in [-0.05, 0) is 12.8 Å². The average Bonchev–Trinajstić information content (AvgIpc) is 2.04. The molecular weight excluding hydrogens is 184 g/mol. The summed E-state index contributed by atoms with van der Waals surface area (Å²) in [6.07, 6.45) is 2.56. The monoisotopic (exact) mass is 200 g/mol. The van der Waals surface area contributed by atoms with E-state index in [4.69, 9.17) is 10.2 Å². The lowest BCUT2D eigenvalue weighted by molar-refractivity contribution is -0.133. The quantitative estimate of drug-likeness (QED) is 0.682. The van der Waals surface area contributed by atoms with E-state index in [0.717, 1.165) is 6.08 Å². The molecule has 4 nitrogen and oxygen atoms in total. The molecule has 0 fully saturated rings. The first-order chi connectivity index (χ1) is 6.31. The predicted molar refractivity (Wildman–Crippen MR) is 54.1 cm³/mol. The summed E-state index contributed by atoms with van der Waals surface area (Å²) in [6, 6.07) is 0. The van der Waals surface area contributed by atoms with Gasteiger partial charge in [-0.15, -0.1) is 0 Å². The van der Waals surface area contributed by atoms with E-state index in [9.17, 15) is 9.59 Å². The van der Waals surface area contributed by atoms with Crippen LogP contribution in [0.15, 0.2) is 24.3 Å². The van der Waals surface area contributed by atoms with E-state index >= 15 is 0 Å². The maximum Gasteiger partial charge on any atom is 0.330 e. The van der Waals surface area contributed by atoms with Crippen LogP contribution in [0.4, 0.5) is 0 Å². The van der Waals surface area contributed by atoms with Crippen LogP contribution in [0, 0.1) is 5.92 Å². The molecule has 14 heavy (non-hydrogen) atoms. The summed E-state index contributed by atoms with van der Waals surface area (Å²) >= 11 is 0. The smallest absolute Gasteiger partial charge is 0.330 e. The van der Waals surface area contributed by atoms with Crippen molar-refractivity contribution in [3.63, 3.8) is 0 Å². The summed E-state index contributed by atoms with van der Waals surface area (Å²) in [6.45, 7) is 8.46. The summed E-state index contributed by atoms with van der Waals surface area (Å²) < 4.78 is 0. The van der Waals surface area contributed by atoms with Gasteiger partial charge in [-0.2, -0.15) is 0 Å². The Kier molecular flexibility index (Phi) is 8.57. The zero-order chi connectivity index (χ0) is 11.7. The van der Waals surface area contributed by atoms with Gasteiger partial charge in [0, 0.05) is 11.6 Å². The molecule has 0 bridgehead atoms. The van der Waals surface area contributed by atoms with E-state index in [2.05, 4.69) is 6.58 Å². The molecule has 0 spiro atoms. The van der Waals surface area contributed by atoms with Crippen molar-refractivity contribution in [3.8, 4) is 0 Å². The lowest BCUT2D eigenvalue weighted by Crippen LogP contribution is -1.97. The number of carboxylic acids is 2. The fourth-order valence-corrected chi connectivity index (χ4v) is 0.571. The molecule has 0 aromatic rings. The molecule has 0 unspecified atom stereocenters. The number of aliphatic carboxylic acids is 2. The fourth-order valence-electron chi connectivity index (χ4n) is 0.571. The van der Waals surface area contributed by atoms with Crippen molar-refractivity contribution in [1.29, 1.82) is 0 Å². The summed E-state index contributed by atoms with van der Waals surface area (Å²) in [4.78, 5) is 19.4. The molecule has 0 amide bonds. The van der Waals surface area contributed by atoms with Crippen LogP contribution in [0.25, 0.3) is 0 Å². The van der Waals surface area contributed by atoms with Gasteiger partial charge in [0.25, 0.3) is 0 Å². The third kappa shape index (κ3) is 13.0. The fraction of sp³-hybridized carbons (Fsp3) is 0.400. The van der Waals surface area contributed by atoms with Crippen LogP contribution >= 0.6 is 0 Å². The molecule has 0 rings (SSSR count). The van der Waals surface area contributed by atoms with Gasteiger partial charge < -0.3 is 10.2 Å². The van der Waals surface area contributed by atoms with Gasteiger partial charge in [-0.1, -0.05) is 26.5 Å². The number of carboxylic acid groups (broad SMARTS) is 2. The first-order valence-electron chi connectivity index (χ1n) is 4.08. The molecule has 0 saturated carbocycles. The normalized spacial score (nSPS) is 10.1. The van der Waals surface area contributed by atoms with Gasteiger partial charge in [-0.3, -0.25) is 0 Å². The molecule has 0 radical (unpaired) electrons. The van der Waals surface area contributed by atoms with E-state index in [1.165, 1.54) is 0 Å². The van der Waals surface area contributed by atoms with Crippen molar-refractivity contribution in [2.75, 3.05) is 0 Å². The van der Waals surface area contributed by atoms with E-state index < -0.39 is 11.9 Å². The van der Waals surface area contributed by atoms with Crippen LogP contribution < -0.4 is 0 Å². The van der Waals surface area contributed by atoms with Gasteiger partial charge >= 0.3 is 11.9 Å². The minimum atomic E-state index is -0.981. The Morgan fingerprint density at radius 2 is 1.64 bits per heavy atom. The summed E-state index contributed by atoms with van der Waals surface area (Å²) in [5.74, 6) is -1.49. The minimum Gasteiger partial charge on any atom is -0.478 e. The second kappa shape index (κ2) is 8.04. The third-order valence-electron chi connectivity index (χ3n) is 1.10. The van der Waals surface area contributed by atoms with Crippen molar-refractivity contribution in [2.45, 2.75) is 20.8 Å². The predicted octanol–water partition coefficient (Wildman–Crippen LogP) is 1.93. The SMILES string of the molecule is C=CC(=O)O.CC(=CC(C)C)C(=O)O. The Morgan fingerprint density at radius 3 is 1.71 bits per heavy atom. The summed E-state index contributed by atoms with van der Waals surface area (Å²) in [5, 5.41) is 16.0. The van der Waals surface area contributed by atoms with Crippen LogP contribution in [0.5, 0.6) is 0 Å². The molecule has 0 aliphatic rings. The Morgan fingerprint density at radius 1 is 1.29 bits per heavy atom. The number of carbonyl (C=O) groups is 2. The largest absolute Gasteiger partial charge is 0.478 e. The van der Waals surface area contributed by atoms with Gasteiger partial charge in [0.05, 0.1) is 0 Å². The van der Waals surface area contributed by atoms with Crippen LogP contribution in [0.1, 0.15) is 20.8 Å². The summed E-state index contributed by atoms with van der Waals surface area (Å²) in [5.41, 5.74) is 0.421. The number of hydrogen-bond acceptors (Lipinski definition) is 2. The Hall–Kier alpha value is -1.58. The average molecular weight is 200 g/mol. The van der Waals surface area contributed by atoms with Gasteiger partial charge in [0.2, 0.25) is 0 Å². The highest BCUT2D eigenvalue weighted by Crippen LogP contribution is 2.00. The highest BCUT2D eigenvalue weighted by Gasteiger charge is 1.98. The topological polar surface area (TPSA) is 74.6 Å². The Labute approximate surface area is 83.6 Å². The Balaban J connectivity index is 0. The van der Waals surface area contributed by atoms with Crippen LogP contribution in [0.3, 0.4) is 0 Å². The molecule has 0 atom stereocenters. The first kappa shape index (κ1) is 14.9. The number of allylic oxidation sites excluding steroid dienone is 1. The van der Waals surface area contributed by atoms with Crippen LogP contribution in [-0.2, 0) is 9.59 Å². The molecule has 0 aliphatic carbocycles. The van der Waals surface area contributed by atoms with E-state index in [-0.39, 0.29) is 0 Å². The standard InChI is InChI=1S/C7H12O2.C3H4O2/c1-5(2)4-6(3)7(8)9;1-2-3(4)5/h4-5H,1-3H3,(H,8,9);2H,1H2,(H,4,5). The van der Waals surface area contributed by atoms with Gasteiger partial charge in [0.1, 0.15) is 0 Å². The molecule has 0 aliphatic heterocycles. The molecule has 80 valence electrons. The van der Waals surface area contributed by atoms with Crippen molar-refractivity contribution in [2.24, 2.45) is 5.92 Å². The van der Waals surface area contributed by atoms with Crippen LogP contribution in [0.2, 0.25) is 0 Å². The molecule has 0 aromatic carbocycles. The molecule has 2 N–H and O–H groups in total. The highest BCUT2D eigenvalue weighted by atomic mass is 16.4. The van der Waals surface area contributed by atoms with E-state index in [1.54, 1.807) is 13.0 Å². The van der Waals surface area contributed by atoms with Crippen molar-refractivity contribution < 1.29 is 19.8 Å². The maximum absolute atomic E-state index is 10.2. The molecular formula is C10H16O4. The zero-order valence-electron chi connectivity index (χ0n) is 8.65. The lowest BCUT2D eigenvalue weighted by atomic mass is 10.1. The molecule has 0 heterocycles. The van der Waals surface area contributed by atoms with E-state index in [1.807, 2.05) is 13.8 Å². The second-order valence-corrected chi connectivity index (χ2v) is 2.94. The van der Waals surface area contributed by atoms with Crippen LogP contribution in [-0.4, -0.2) is 22.2 Å². The minimum absolute atomic E-state index is 0.320. The zero-order valence-corrected chi connectivity index (χ0v) is 8.65. The molecule has 0 aromatic heterocycles. The van der Waals surface area contributed by atoms with Gasteiger partial charge in [-0.25, -0.2) is 9.59 Å². The number of hydrogen-bond donors (Lipinski definition) is 2. The van der Waals surface area contributed by atoms with Crippen molar-refractivity contribution >= 4 is 11.9 Å². The molecule has 0 saturated heterocycles. The maximum atomic E-state index is 10.2. The second-order valence-electron chi connectivity index (χ2n) is 2.94.